The molecule has 1 saturated heterocycles. The number of anilines is 1. The molecule has 1 aliphatic heterocycles. The number of ether oxygens (including phenoxy) is 1. The summed E-state index contributed by atoms with van der Waals surface area (Å²) < 4.78 is 5.37. The zero-order valence-electron chi connectivity index (χ0n) is 9.59. The zero-order chi connectivity index (χ0) is 12.1. The van der Waals surface area contributed by atoms with E-state index in [1.807, 2.05) is 6.07 Å². The van der Waals surface area contributed by atoms with Gasteiger partial charge in [-0.15, -0.1) is 0 Å². The maximum atomic E-state index is 10.9. The molecule has 0 amide bonds. The van der Waals surface area contributed by atoms with Crippen LogP contribution in [0.5, 0.6) is 0 Å². The third-order valence-corrected chi connectivity index (χ3v) is 2.91. The third kappa shape index (κ3) is 3.17. The molecule has 1 atom stereocenters. The topological polar surface area (TPSA) is 64.4 Å². The van der Waals surface area contributed by atoms with E-state index in [9.17, 15) is 10.1 Å². The van der Waals surface area contributed by atoms with Crippen molar-refractivity contribution >= 4 is 11.4 Å². The fourth-order valence-electron chi connectivity index (χ4n) is 2.02. The van der Waals surface area contributed by atoms with Crippen molar-refractivity contribution in [3.63, 3.8) is 0 Å². The van der Waals surface area contributed by atoms with Crippen molar-refractivity contribution in [1.29, 1.82) is 0 Å². The summed E-state index contributed by atoms with van der Waals surface area (Å²) in [5, 5.41) is 14.1. The zero-order valence-corrected chi connectivity index (χ0v) is 9.59. The van der Waals surface area contributed by atoms with Crippen molar-refractivity contribution in [2.75, 3.05) is 18.5 Å². The van der Waals surface area contributed by atoms with Gasteiger partial charge in [0.2, 0.25) is 0 Å². The van der Waals surface area contributed by atoms with E-state index in [1.54, 1.807) is 12.1 Å². The molecule has 0 aliphatic carbocycles. The summed E-state index contributed by atoms with van der Waals surface area (Å²) in [6.07, 6.45) is 2.89. The number of nitrogens with one attached hydrogen (secondary N) is 1. The third-order valence-electron chi connectivity index (χ3n) is 2.91. The maximum Gasteiger partial charge on any atom is 0.292 e. The minimum absolute atomic E-state index is 0.137. The summed E-state index contributed by atoms with van der Waals surface area (Å²) in [6, 6.07) is 7.03. The highest BCUT2D eigenvalue weighted by Gasteiger charge is 2.17. The second kappa shape index (κ2) is 5.63. The molecule has 1 unspecified atom stereocenters. The van der Waals surface area contributed by atoms with E-state index in [2.05, 4.69) is 5.32 Å². The van der Waals surface area contributed by atoms with Crippen LogP contribution in [0.2, 0.25) is 0 Å². The minimum atomic E-state index is -0.352. The van der Waals surface area contributed by atoms with Crippen LogP contribution >= 0.6 is 0 Å². The highest BCUT2D eigenvalue weighted by atomic mass is 16.6. The number of nitro benzene ring substituents is 1. The molecule has 0 aromatic heterocycles. The second-order valence-corrected chi connectivity index (χ2v) is 4.16. The molecule has 0 spiro atoms. The summed E-state index contributed by atoms with van der Waals surface area (Å²) in [5.74, 6) is 0. The molecule has 17 heavy (non-hydrogen) atoms. The van der Waals surface area contributed by atoms with Gasteiger partial charge in [-0.3, -0.25) is 10.1 Å². The maximum absolute atomic E-state index is 10.9. The normalized spacial score (nSPS) is 20.6. The molecule has 1 heterocycles. The van der Waals surface area contributed by atoms with Gasteiger partial charge in [-0.25, -0.2) is 0 Å². The van der Waals surface area contributed by atoms with Crippen molar-refractivity contribution in [3.8, 4) is 0 Å². The lowest BCUT2D eigenvalue weighted by molar-refractivity contribution is -0.384. The Hall–Kier alpha value is -1.62. The standard InChI is InChI=1S/C12H16N2O3/c15-14(16)12-6-2-1-5-11(12)13-10-4-3-8-17-9-7-10/h1-2,5-6,10,13H,3-4,7-9H2. The first-order valence-corrected chi connectivity index (χ1v) is 5.85. The predicted molar refractivity (Wildman–Crippen MR) is 65.2 cm³/mol. The number of rotatable bonds is 3. The van der Waals surface area contributed by atoms with Gasteiger partial charge in [0, 0.05) is 25.3 Å². The summed E-state index contributed by atoms with van der Waals surface area (Å²) in [5.41, 5.74) is 0.738. The van der Waals surface area contributed by atoms with Crippen LogP contribution in [0.15, 0.2) is 24.3 Å². The summed E-state index contributed by atoms with van der Waals surface area (Å²) in [4.78, 5) is 10.5. The smallest absolute Gasteiger partial charge is 0.292 e. The first kappa shape index (κ1) is 11.9. The lowest BCUT2D eigenvalue weighted by Crippen LogP contribution is -2.20. The summed E-state index contributed by atoms with van der Waals surface area (Å²) >= 11 is 0. The monoisotopic (exact) mass is 236 g/mol. The Bertz CT molecular complexity index is 387. The largest absolute Gasteiger partial charge is 0.381 e. The van der Waals surface area contributed by atoms with Gasteiger partial charge in [-0.05, 0) is 25.3 Å². The van der Waals surface area contributed by atoms with Gasteiger partial charge in [0.1, 0.15) is 5.69 Å². The molecule has 1 fully saturated rings. The van der Waals surface area contributed by atoms with E-state index < -0.39 is 0 Å². The predicted octanol–water partition coefficient (Wildman–Crippen LogP) is 2.58. The van der Waals surface area contributed by atoms with Crippen LogP contribution in [0.1, 0.15) is 19.3 Å². The molecule has 5 heteroatoms. The molecule has 2 rings (SSSR count). The van der Waals surface area contributed by atoms with Crippen LogP contribution in [0.25, 0.3) is 0 Å². The number of hydrogen-bond donors (Lipinski definition) is 1. The average molecular weight is 236 g/mol. The van der Waals surface area contributed by atoms with E-state index in [1.165, 1.54) is 6.07 Å². The van der Waals surface area contributed by atoms with E-state index >= 15 is 0 Å². The Morgan fingerprint density at radius 3 is 2.94 bits per heavy atom. The van der Waals surface area contributed by atoms with Crippen molar-refractivity contribution in [2.45, 2.75) is 25.3 Å². The fraction of sp³-hybridized carbons (Fsp3) is 0.500. The van der Waals surface area contributed by atoms with Gasteiger partial charge < -0.3 is 10.1 Å². The van der Waals surface area contributed by atoms with Crippen molar-refractivity contribution < 1.29 is 9.66 Å². The van der Waals surface area contributed by atoms with Crippen LogP contribution in [-0.4, -0.2) is 24.2 Å². The van der Waals surface area contributed by atoms with E-state index in [0.29, 0.717) is 5.69 Å². The fourth-order valence-corrected chi connectivity index (χ4v) is 2.02. The van der Waals surface area contributed by atoms with E-state index in [4.69, 9.17) is 4.74 Å². The molecule has 0 bridgehead atoms. The van der Waals surface area contributed by atoms with Crippen molar-refractivity contribution in [2.24, 2.45) is 0 Å². The van der Waals surface area contributed by atoms with Crippen molar-refractivity contribution in [1.82, 2.24) is 0 Å². The molecule has 92 valence electrons. The highest BCUT2D eigenvalue weighted by molar-refractivity contribution is 5.61. The van der Waals surface area contributed by atoms with Crippen LogP contribution in [0.3, 0.4) is 0 Å². The second-order valence-electron chi connectivity index (χ2n) is 4.16. The number of para-hydroxylation sites is 2. The van der Waals surface area contributed by atoms with Gasteiger partial charge >= 0.3 is 0 Å². The lowest BCUT2D eigenvalue weighted by Gasteiger charge is -2.16. The quantitative estimate of drug-likeness (QED) is 0.647. The Kier molecular flexibility index (Phi) is 3.93. The summed E-state index contributed by atoms with van der Waals surface area (Å²) in [7, 11) is 0. The Labute approximate surface area is 99.9 Å². The molecule has 1 N–H and O–H groups in total. The lowest BCUT2D eigenvalue weighted by atomic mass is 10.1. The van der Waals surface area contributed by atoms with Crippen molar-refractivity contribution in [3.05, 3.63) is 34.4 Å². The SMILES string of the molecule is O=[N+]([O-])c1ccccc1NC1CCCOCC1. The minimum Gasteiger partial charge on any atom is -0.381 e. The van der Waals surface area contributed by atoms with Crippen LogP contribution < -0.4 is 5.32 Å². The Morgan fingerprint density at radius 2 is 2.12 bits per heavy atom. The average Bonchev–Trinajstić information content (AvgIpc) is 2.58. The Balaban J connectivity index is 2.09. The molecule has 1 aliphatic rings. The molecule has 5 nitrogen and oxygen atoms in total. The first-order valence-electron chi connectivity index (χ1n) is 5.85. The number of benzene rings is 1. The molecule has 0 radical (unpaired) electrons. The number of nitrogens with zero attached hydrogens (tertiary/aromatic N) is 1. The highest BCUT2D eigenvalue weighted by Crippen LogP contribution is 2.25. The number of hydrogen-bond acceptors (Lipinski definition) is 4. The van der Waals surface area contributed by atoms with Gasteiger partial charge in [-0.2, -0.15) is 0 Å². The van der Waals surface area contributed by atoms with Gasteiger partial charge in [0.05, 0.1) is 4.92 Å². The molecule has 0 saturated carbocycles. The van der Waals surface area contributed by atoms with Crippen LogP contribution in [0.4, 0.5) is 11.4 Å². The Morgan fingerprint density at radius 1 is 1.29 bits per heavy atom. The molecule has 1 aromatic rings. The van der Waals surface area contributed by atoms with Crippen LogP contribution in [-0.2, 0) is 4.74 Å². The van der Waals surface area contributed by atoms with Gasteiger partial charge in [0.25, 0.3) is 5.69 Å². The van der Waals surface area contributed by atoms with Gasteiger partial charge in [-0.1, -0.05) is 12.1 Å². The molecule has 1 aromatic carbocycles. The van der Waals surface area contributed by atoms with Gasteiger partial charge in [0.15, 0.2) is 0 Å². The first-order chi connectivity index (χ1) is 8.27. The molecular weight excluding hydrogens is 220 g/mol. The van der Waals surface area contributed by atoms with E-state index in [0.717, 1.165) is 32.5 Å². The van der Waals surface area contributed by atoms with E-state index in [-0.39, 0.29) is 16.7 Å². The van der Waals surface area contributed by atoms with Crippen LogP contribution in [0, 0.1) is 10.1 Å². The molecular formula is C12H16N2O3. The number of nitro groups is 1. The summed E-state index contributed by atoms with van der Waals surface area (Å²) in [6.45, 7) is 1.51.